The van der Waals surface area contributed by atoms with E-state index in [4.69, 9.17) is 16.3 Å². The van der Waals surface area contributed by atoms with E-state index in [1.165, 1.54) is 4.90 Å². The summed E-state index contributed by atoms with van der Waals surface area (Å²) in [7, 11) is 0. The number of aliphatic imine (C=N–C) groups is 1. The molecular weight excluding hydrogens is 216 g/mol. The van der Waals surface area contributed by atoms with Crippen molar-refractivity contribution in [2.24, 2.45) is 4.99 Å². The quantitative estimate of drug-likeness (QED) is 0.649. The van der Waals surface area contributed by atoms with Crippen LogP contribution >= 0.6 is 11.6 Å². The van der Waals surface area contributed by atoms with Crippen molar-refractivity contribution in [3.05, 3.63) is 11.9 Å². The molecule has 0 aromatic carbocycles. The summed E-state index contributed by atoms with van der Waals surface area (Å²) in [6.45, 7) is 5.91. The summed E-state index contributed by atoms with van der Waals surface area (Å²) in [4.78, 5) is 17.1. The summed E-state index contributed by atoms with van der Waals surface area (Å²) >= 11 is 5.62. The Bertz CT molecular complexity index is 305. The van der Waals surface area contributed by atoms with E-state index in [1.807, 2.05) is 20.8 Å². The number of carbonyl (C=O) groups is 1. The number of hydrogen-bond donors (Lipinski definition) is 0. The van der Waals surface area contributed by atoms with Crippen LogP contribution in [0.2, 0.25) is 0 Å². The molecule has 0 saturated heterocycles. The highest BCUT2D eigenvalue weighted by molar-refractivity contribution is 6.19. The number of alkyl halides is 1. The fourth-order valence-electron chi connectivity index (χ4n) is 1.03. The maximum atomic E-state index is 11.6. The predicted molar refractivity (Wildman–Crippen MR) is 60.2 cm³/mol. The van der Waals surface area contributed by atoms with Gasteiger partial charge in [0.15, 0.2) is 0 Å². The lowest BCUT2D eigenvalue weighted by Gasteiger charge is -2.25. The van der Waals surface area contributed by atoms with Gasteiger partial charge in [-0.2, -0.15) is 0 Å². The number of hydrogen-bond acceptors (Lipinski definition) is 3. The van der Waals surface area contributed by atoms with Crippen molar-refractivity contribution in [1.29, 1.82) is 0 Å². The number of ether oxygens (including phenoxy) is 1. The van der Waals surface area contributed by atoms with Crippen LogP contribution in [0, 0.1) is 0 Å². The van der Waals surface area contributed by atoms with Gasteiger partial charge in [0.2, 0.25) is 0 Å². The average Bonchev–Trinajstić information content (AvgIpc) is 2.15. The number of carbonyl (C=O) groups excluding carboxylic acids is 1. The molecule has 1 aliphatic rings. The number of nitrogens with zero attached hydrogens (tertiary/aromatic N) is 2. The van der Waals surface area contributed by atoms with Crippen molar-refractivity contribution in [3.8, 4) is 0 Å². The normalized spacial score (nSPS) is 16.3. The van der Waals surface area contributed by atoms with E-state index in [9.17, 15) is 4.79 Å². The molecule has 0 saturated carbocycles. The number of rotatable bonds is 1. The van der Waals surface area contributed by atoms with Crippen LogP contribution in [0.15, 0.2) is 16.9 Å². The van der Waals surface area contributed by atoms with Gasteiger partial charge in [-0.15, -0.1) is 11.6 Å². The maximum absolute atomic E-state index is 11.6. The van der Waals surface area contributed by atoms with Gasteiger partial charge < -0.3 is 4.74 Å². The van der Waals surface area contributed by atoms with Crippen molar-refractivity contribution in [1.82, 2.24) is 4.90 Å². The third-order valence-electron chi connectivity index (χ3n) is 1.61. The van der Waals surface area contributed by atoms with Crippen molar-refractivity contribution >= 4 is 23.9 Å². The summed E-state index contributed by atoms with van der Waals surface area (Å²) in [5.74, 6) is 0.287. The Morgan fingerprint density at radius 1 is 1.67 bits per heavy atom. The minimum atomic E-state index is -0.485. The van der Waals surface area contributed by atoms with E-state index in [0.717, 1.165) is 0 Å². The van der Waals surface area contributed by atoms with Gasteiger partial charge in [-0.3, -0.25) is 9.89 Å². The molecule has 0 bridgehead atoms. The SMILES string of the molecule is CC(C)(C)OC(=O)N1C=C(CCl)N=CC1. The molecule has 5 heteroatoms. The fraction of sp³-hybridized carbons (Fsp3) is 0.600. The third kappa shape index (κ3) is 3.91. The molecule has 1 rings (SSSR count). The van der Waals surface area contributed by atoms with Crippen molar-refractivity contribution in [2.45, 2.75) is 26.4 Å². The summed E-state index contributed by atoms with van der Waals surface area (Å²) in [6, 6.07) is 0. The van der Waals surface area contributed by atoms with Gasteiger partial charge in [-0.1, -0.05) is 0 Å². The van der Waals surface area contributed by atoms with Gasteiger partial charge in [0.25, 0.3) is 0 Å². The first-order valence-corrected chi connectivity index (χ1v) is 5.24. The molecule has 0 aromatic heterocycles. The second-order valence-corrected chi connectivity index (χ2v) is 4.47. The molecule has 0 aliphatic carbocycles. The van der Waals surface area contributed by atoms with E-state index < -0.39 is 5.60 Å². The van der Waals surface area contributed by atoms with Crippen LogP contribution in [0.25, 0.3) is 0 Å². The highest BCUT2D eigenvalue weighted by Gasteiger charge is 2.21. The van der Waals surface area contributed by atoms with Crippen LogP contribution in [0.4, 0.5) is 4.79 Å². The highest BCUT2D eigenvalue weighted by Crippen LogP contribution is 2.13. The van der Waals surface area contributed by atoms with Gasteiger partial charge in [0.1, 0.15) is 5.60 Å². The van der Waals surface area contributed by atoms with E-state index in [2.05, 4.69) is 4.99 Å². The van der Waals surface area contributed by atoms with Gasteiger partial charge >= 0.3 is 6.09 Å². The van der Waals surface area contributed by atoms with Crippen LogP contribution in [-0.2, 0) is 4.74 Å². The highest BCUT2D eigenvalue weighted by atomic mass is 35.5. The molecule has 84 valence electrons. The van der Waals surface area contributed by atoms with Gasteiger partial charge in [0, 0.05) is 12.4 Å². The van der Waals surface area contributed by atoms with Crippen LogP contribution in [0.5, 0.6) is 0 Å². The standard InChI is InChI=1S/C10H15ClN2O2/c1-10(2,3)15-9(14)13-5-4-12-8(6-11)7-13/h4,7H,5-6H2,1-3H3. The number of halogens is 1. The summed E-state index contributed by atoms with van der Waals surface area (Å²) in [5, 5.41) is 0. The van der Waals surface area contributed by atoms with Crippen LogP contribution < -0.4 is 0 Å². The van der Waals surface area contributed by atoms with Crippen molar-refractivity contribution in [2.75, 3.05) is 12.4 Å². The first-order chi connectivity index (χ1) is 6.92. The number of amides is 1. The molecule has 15 heavy (non-hydrogen) atoms. The summed E-state index contributed by atoms with van der Waals surface area (Å²) in [6.07, 6.45) is 2.87. The largest absolute Gasteiger partial charge is 0.443 e. The topological polar surface area (TPSA) is 41.9 Å². The Labute approximate surface area is 94.6 Å². The van der Waals surface area contributed by atoms with E-state index in [0.29, 0.717) is 12.2 Å². The summed E-state index contributed by atoms with van der Waals surface area (Å²) in [5.41, 5.74) is 0.175. The minimum Gasteiger partial charge on any atom is -0.443 e. The molecular formula is C10H15ClN2O2. The molecule has 0 aromatic rings. The van der Waals surface area contributed by atoms with Gasteiger partial charge in [0.05, 0.1) is 18.1 Å². The molecule has 1 aliphatic heterocycles. The number of allylic oxidation sites excluding steroid dienone is 1. The van der Waals surface area contributed by atoms with E-state index in [-0.39, 0.29) is 12.0 Å². The molecule has 0 radical (unpaired) electrons. The molecule has 1 amide bonds. The monoisotopic (exact) mass is 230 g/mol. The van der Waals surface area contributed by atoms with Crippen LogP contribution in [0.1, 0.15) is 20.8 Å². The Morgan fingerprint density at radius 3 is 2.87 bits per heavy atom. The second-order valence-electron chi connectivity index (χ2n) is 4.20. The maximum Gasteiger partial charge on any atom is 0.414 e. The summed E-state index contributed by atoms with van der Waals surface area (Å²) < 4.78 is 5.21. The first kappa shape index (κ1) is 12.0. The first-order valence-electron chi connectivity index (χ1n) is 4.71. The lowest BCUT2D eigenvalue weighted by atomic mass is 10.2. The molecule has 0 N–H and O–H groups in total. The smallest absolute Gasteiger partial charge is 0.414 e. The zero-order valence-corrected chi connectivity index (χ0v) is 9.91. The molecule has 0 fully saturated rings. The Hall–Kier alpha value is -1.03. The van der Waals surface area contributed by atoms with Crippen LogP contribution in [0.3, 0.4) is 0 Å². The second kappa shape index (κ2) is 4.66. The molecule has 1 heterocycles. The third-order valence-corrected chi connectivity index (χ3v) is 1.88. The van der Waals surface area contributed by atoms with E-state index >= 15 is 0 Å². The Kier molecular flexibility index (Phi) is 3.74. The lowest BCUT2D eigenvalue weighted by molar-refractivity contribution is 0.0355. The van der Waals surface area contributed by atoms with Gasteiger partial charge in [-0.05, 0) is 20.8 Å². The van der Waals surface area contributed by atoms with E-state index in [1.54, 1.807) is 12.4 Å². The Balaban J connectivity index is 2.62. The Morgan fingerprint density at radius 2 is 2.33 bits per heavy atom. The zero-order valence-electron chi connectivity index (χ0n) is 9.16. The van der Waals surface area contributed by atoms with Crippen LogP contribution in [-0.4, -0.2) is 35.2 Å². The van der Waals surface area contributed by atoms with Crippen molar-refractivity contribution < 1.29 is 9.53 Å². The molecule has 4 nitrogen and oxygen atoms in total. The average molecular weight is 231 g/mol. The van der Waals surface area contributed by atoms with Crippen molar-refractivity contribution in [3.63, 3.8) is 0 Å². The lowest BCUT2D eigenvalue weighted by Crippen LogP contribution is -2.35. The minimum absolute atomic E-state index is 0.287. The molecule has 0 spiro atoms. The zero-order chi connectivity index (χ0) is 11.5. The fourth-order valence-corrected chi connectivity index (χ4v) is 1.17. The predicted octanol–water partition coefficient (Wildman–Crippen LogP) is 2.39. The van der Waals surface area contributed by atoms with Gasteiger partial charge in [-0.25, -0.2) is 4.79 Å². The molecule has 0 atom stereocenters. The molecule has 0 unspecified atom stereocenters.